The fourth-order valence-electron chi connectivity index (χ4n) is 3.18. The first-order valence-corrected chi connectivity index (χ1v) is 7.92. The zero-order chi connectivity index (χ0) is 15.1. The smallest absolute Gasteiger partial charge is 0.284 e. The van der Waals surface area contributed by atoms with Crippen LogP contribution in [-0.4, -0.2) is 26.5 Å². The van der Waals surface area contributed by atoms with Crippen molar-refractivity contribution < 1.29 is 4.79 Å². The van der Waals surface area contributed by atoms with Crippen LogP contribution in [0.5, 0.6) is 0 Å². The first-order valence-electron chi connectivity index (χ1n) is 7.92. The first kappa shape index (κ1) is 13.4. The van der Waals surface area contributed by atoms with Gasteiger partial charge in [-0.25, -0.2) is 9.97 Å². The van der Waals surface area contributed by atoms with Crippen LogP contribution < -0.4 is 10.9 Å². The predicted molar refractivity (Wildman–Crippen MR) is 81.8 cm³/mol. The van der Waals surface area contributed by atoms with E-state index in [2.05, 4.69) is 15.3 Å². The molecule has 2 aromatic heterocycles. The van der Waals surface area contributed by atoms with E-state index in [0.717, 1.165) is 38.5 Å². The van der Waals surface area contributed by atoms with E-state index < -0.39 is 0 Å². The Kier molecular flexibility index (Phi) is 3.17. The zero-order valence-corrected chi connectivity index (χ0v) is 12.3. The normalized spacial score (nSPS) is 18.7. The Balaban J connectivity index is 1.78. The average Bonchev–Trinajstić information content (AvgIpc) is 3.23. The number of aromatic nitrogens is 3. The van der Waals surface area contributed by atoms with Crippen LogP contribution in [0.4, 0.5) is 0 Å². The van der Waals surface area contributed by atoms with E-state index >= 15 is 0 Å². The van der Waals surface area contributed by atoms with Gasteiger partial charge in [0, 0.05) is 18.3 Å². The second-order valence-electron chi connectivity index (χ2n) is 6.17. The molecule has 1 N–H and O–H groups in total. The van der Waals surface area contributed by atoms with Crippen LogP contribution >= 0.6 is 0 Å². The maximum absolute atomic E-state index is 12.7. The highest BCUT2D eigenvalue weighted by molar-refractivity contribution is 5.93. The minimum Gasteiger partial charge on any atom is -0.348 e. The molecule has 2 aliphatic rings. The highest BCUT2D eigenvalue weighted by Gasteiger charge is 2.30. The van der Waals surface area contributed by atoms with Crippen LogP contribution in [0.25, 0.3) is 11.2 Å². The van der Waals surface area contributed by atoms with Crippen LogP contribution in [0.2, 0.25) is 0 Å². The van der Waals surface area contributed by atoms with Gasteiger partial charge in [-0.1, -0.05) is 12.8 Å². The molecule has 4 rings (SSSR count). The van der Waals surface area contributed by atoms with Gasteiger partial charge in [0.2, 0.25) is 0 Å². The maximum Gasteiger partial charge on any atom is 0.284 e. The molecule has 0 aliphatic heterocycles. The van der Waals surface area contributed by atoms with Crippen LogP contribution in [0.15, 0.2) is 23.1 Å². The molecule has 0 spiro atoms. The van der Waals surface area contributed by atoms with Crippen molar-refractivity contribution in [1.82, 2.24) is 19.9 Å². The molecule has 0 unspecified atom stereocenters. The van der Waals surface area contributed by atoms with Gasteiger partial charge in [-0.3, -0.25) is 14.2 Å². The van der Waals surface area contributed by atoms with E-state index in [9.17, 15) is 9.59 Å². The maximum atomic E-state index is 12.7. The van der Waals surface area contributed by atoms with Crippen molar-refractivity contribution >= 4 is 17.1 Å². The Morgan fingerprint density at radius 1 is 1.23 bits per heavy atom. The summed E-state index contributed by atoms with van der Waals surface area (Å²) in [6, 6.07) is 3.90. The number of hydrogen-bond donors (Lipinski definition) is 1. The number of pyridine rings is 1. The molecule has 0 atom stereocenters. The molecule has 0 radical (unpaired) electrons. The third kappa shape index (κ3) is 2.28. The lowest BCUT2D eigenvalue weighted by atomic mass is 10.2. The highest BCUT2D eigenvalue weighted by atomic mass is 16.2. The van der Waals surface area contributed by atoms with E-state index in [0.29, 0.717) is 11.2 Å². The van der Waals surface area contributed by atoms with Crippen molar-refractivity contribution in [2.24, 2.45) is 0 Å². The quantitative estimate of drug-likeness (QED) is 0.937. The standard InChI is InChI=1S/C16H18N4O2/c21-15(18-10-4-1-2-5-10)13-16(22)20(11-7-8-11)14-12(19-13)6-3-9-17-14/h3,6,9-11H,1-2,4-5,7-8H2,(H,18,21). The summed E-state index contributed by atoms with van der Waals surface area (Å²) in [5.74, 6) is -0.350. The fourth-order valence-corrected chi connectivity index (χ4v) is 3.18. The van der Waals surface area contributed by atoms with Crippen molar-refractivity contribution in [3.63, 3.8) is 0 Å². The lowest BCUT2D eigenvalue weighted by Crippen LogP contribution is -2.39. The van der Waals surface area contributed by atoms with Crippen molar-refractivity contribution in [2.45, 2.75) is 50.6 Å². The van der Waals surface area contributed by atoms with E-state index in [-0.39, 0.29) is 29.2 Å². The van der Waals surface area contributed by atoms with Gasteiger partial charge in [-0.05, 0) is 37.8 Å². The summed E-state index contributed by atoms with van der Waals surface area (Å²) in [5, 5.41) is 2.95. The van der Waals surface area contributed by atoms with Gasteiger partial charge in [0.25, 0.3) is 11.5 Å². The monoisotopic (exact) mass is 298 g/mol. The number of nitrogens with zero attached hydrogens (tertiary/aromatic N) is 3. The first-order chi connectivity index (χ1) is 10.7. The molecular formula is C16H18N4O2. The Morgan fingerprint density at radius 3 is 2.73 bits per heavy atom. The summed E-state index contributed by atoms with van der Waals surface area (Å²) in [5.41, 5.74) is 0.862. The number of hydrogen-bond acceptors (Lipinski definition) is 4. The Labute approximate surface area is 127 Å². The molecule has 2 fully saturated rings. The SMILES string of the molecule is O=C(NC1CCCC1)c1nc2cccnc2n(C2CC2)c1=O. The van der Waals surface area contributed by atoms with E-state index in [1.165, 1.54) is 0 Å². The van der Waals surface area contributed by atoms with E-state index in [1.54, 1.807) is 22.9 Å². The second-order valence-corrected chi connectivity index (χ2v) is 6.17. The number of amides is 1. The summed E-state index contributed by atoms with van der Waals surface area (Å²) >= 11 is 0. The predicted octanol–water partition coefficient (Wildman–Crippen LogP) is 1.80. The molecule has 22 heavy (non-hydrogen) atoms. The third-order valence-corrected chi connectivity index (χ3v) is 4.47. The molecule has 0 saturated heterocycles. The van der Waals surface area contributed by atoms with Crippen LogP contribution in [0.3, 0.4) is 0 Å². The molecule has 2 aliphatic carbocycles. The Hall–Kier alpha value is -2.24. The second kappa shape index (κ2) is 5.19. The zero-order valence-electron chi connectivity index (χ0n) is 12.3. The summed E-state index contributed by atoms with van der Waals surface area (Å²) in [6.07, 6.45) is 7.80. The van der Waals surface area contributed by atoms with E-state index in [4.69, 9.17) is 0 Å². The van der Waals surface area contributed by atoms with Crippen molar-refractivity contribution in [3.8, 4) is 0 Å². The van der Waals surface area contributed by atoms with Crippen LogP contribution in [0, 0.1) is 0 Å². The molecule has 0 aromatic carbocycles. The number of fused-ring (bicyclic) bond motifs is 1. The Bertz CT molecular complexity index is 788. The van der Waals surface area contributed by atoms with Gasteiger partial charge in [0.15, 0.2) is 11.3 Å². The summed E-state index contributed by atoms with van der Waals surface area (Å²) < 4.78 is 1.64. The van der Waals surface area contributed by atoms with Gasteiger partial charge in [-0.2, -0.15) is 0 Å². The summed E-state index contributed by atoms with van der Waals surface area (Å²) in [4.78, 5) is 33.7. The molecule has 6 nitrogen and oxygen atoms in total. The molecule has 114 valence electrons. The lowest BCUT2D eigenvalue weighted by molar-refractivity contribution is 0.0931. The molecule has 1 amide bonds. The minimum absolute atomic E-state index is 0.000648. The van der Waals surface area contributed by atoms with Gasteiger partial charge < -0.3 is 5.32 Å². The summed E-state index contributed by atoms with van der Waals surface area (Å²) in [7, 11) is 0. The number of nitrogens with one attached hydrogen (secondary N) is 1. The number of carbonyl (C=O) groups excluding carboxylic acids is 1. The van der Waals surface area contributed by atoms with Crippen molar-refractivity contribution in [1.29, 1.82) is 0 Å². The van der Waals surface area contributed by atoms with Crippen molar-refractivity contribution in [3.05, 3.63) is 34.4 Å². The van der Waals surface area contributed by atoms with E-state index in [1.807, 2.05) is 0 Å². The highest BCUT2D eigenvalue weighted by Crippen LogP contribution is 2.35. The minimum atomic E-state index is -0.350. The van der Waals surface area contributed by atoms with Gasteiger partial charge in [0.05, 0.1) is 0 Å². The van der Waals surface area contributed by atoms with Crippen LogP contribution in [0.1, 0.15) is 55.1 Å². The van der Waals surface area contributed by atoms with Gasteiger partial charge in [-0.15, -0.1) is 0 Å². The third-order valence-electron chi connectivity index (χ3n) is 4.47. The molecular weight excluding hydrogens is 280 g/mol. The van der Waals surface area contributed by atoms with Gasteiger partial charge >= 0.3 is 0 Å². The summed E-state index contributed by atoms with van der Waals surface area (Å²) in [6.45, 7) is 0. The lowest BCUT2D eigenvalue weighted by Gasteiger charge is -2.13. The Morgan fingerprint density at radius 2 is 2.00 bits per heavy atom. The number of carbonyl (C=O) groups is 1. The van der Waals surface area contributed by atoms with Crippen LogP contribution in [-0.2, 0) is 0 Å². The number of rotatable bonds is 3. The molecule has 0 bridgehead atoms. The largest absolute Gasteiger partial charge is 0.348 e. The van der Waals surface area contributed by atoms with Gasteiger partial charge in [0.1, 0.15) is 5.52 Å². The average molecular weight is 298 g/mol. The topological polar surface area (TPSA) is 76.9 Å². The molecule has 6 heteroatoms. The molecule has 2 aromatic rings. The molecule has 2 heterocycles. The fraction of sp³-hybridized carbons (Fsp3) is 0.500. The molecule has 2 saturated carbocycles. The van der Waals surface area contributed by atoms with Crippen molar-refractivity contribution in [2.75, 3.05) is 0 Å².